The zero-order valence-corrected chi connectivity index (χ0v) is 9.54. The maximum Gasteiger partial charge on any atom is 0.166 e. The second kappa shape index (κ2) is 6.00. The lowest BCUT2D eigenvalue weighted by Crippen LogP contribution is -1.99. The molecule has 0 bridgehead atoms. The molecular formula is C16H14O. The minimum Gasteiger partial charge on any atom is -0.294 e. The molecule has 0 aromatic heterocycles. The molecule has 0 N–H and O–H groups in total. The van der Waals surface area contributed by atoms with Crippen LogP contribution in [0.2, 0.25) is 0 Å². The highest BCUT2D eigenvalue weighted by atomic mass is 16.1. The quantitative estimate of drug-likeness (QED) is 0.705. The number of benzene rings is 2. The van der Waals surface area contributed by atoms with Crippen LogP contribution in [0.3, 0.4) is 0 Å². The molecule has 0 saturated heterocycles. The molecule has 2 radical (unpaired) electrons. The van der Waals surface area contributed by atoms with Crippen LogP contribution in [-0.4, -0.2) is 5.78 Å². The average molecular weight is 222 g/mol. The summed E-state index contributed by atoms with van der Waals surface area (Å²) in [4.78, 5) is 11.8. The Morgan fingerprint density at radius 3 is 2.12 bits per heavy atom. The van der Waals surface area contributed by atoms with Gasteiger partial charge in [-0.15, -0.1) is 0 Å². The fourth-order valence-corrected chi connectivity index (χ4v) is 1.61. The van der Waals surface area contributed by atoms with E-state index in [1.54, 1.807) is 6.42 Å². The Hall–Kier alpha value is -1.89. The molecule has 84 valence electrons. The van der Waals surface area contributed by atoms with Gasteiger partial charge in [-0.2, -0.15) is 0 Å². The summed E-state index contributed by atoms with van der Waals surface area (Å²) in [5.41, 5.74) is 1.89. The van der Waals surface area contributed by atoms with Gasteiger partial charge in [0.15, 0.2) is 5.78 Å². The summed E-state index contributed by atoms with van der Waals surface area (Å²) in [6.45, 7) is 0. The van der Waals surface area contributed by atoms with Crippen LogP contribution < -0.4 is 0 Å². The first kappa shape index (κ1) is 11.6. The average Bonchev–Trinajstić information content (AvgIpc) is 2.41. The van der Waals surface area contributed by atoms with Crippen molar-refractivity contribution >= 4 is 5.78 Å². The molecule has 17 heavy (non-hydrogen) atoms. The van der Waals surface area contributed by atoms with E-state index in [0.29, 0.717) is 6.42 Å². The van der Waals surface area contributed by atoms with Gasteiger partial charge < -0.3 is 0 Å². The highest BCUT2D eigenvalue weighted by molar-refractivity contribution is 6.02. The molecule has 0 heterocycles. The van der Waals surface area contributed by atoms with E-state index in [0.717, 1.165) is 11.1 Å². The number of hydrogen-bond donors (Lipinski definition) is 0. The standard InChI is InChI=1S/C16H14O/c17-16(15-11-5-2-6-12-15)13-7-10-14-8-3-1-4-9-14/h1-6,8-13H,7H2. The zero-order valence-electron chi connectivity index (χ0n) is 9.54. The molecule has 2 aromatic carbocycles. The van der Waals surface area contributed by atoms with Crippen molar-refractivity contribution in [3.63, 3.8) is 0 Å². The third-order valence-corrected chi connectivity index (χ3v) is 2.51. The topological polar surface area (TPSA) is 17.1 Å². The van der Waals surface area contributed by atoms with Crippen LogP contribution in [0, 0.1) is 12.8 Å². The van der Waals surface area contributed by atoms with E-state index in [1.165, 1.54) is 0 Å². The van der Waals surface area contributed by atoms with Crippen molar-refractivity contribution in [1.82, 2.24) is 0 Å². The van der Waals surface area contributed by atoms with Gasteiger partial charge in [-0.25, -0.2) is 0 Å². The van der Waals surface area contributed by atoms with Crippen LogP contribution in [-0.2, 0) is 0 Å². The van der Waals surface area contributed by atoms with Gasteiger partial charge >= 0.3 is 0 Å². The van der Waals surface area contributed by atoms with Crippen LogP contribution in [0.5, 0.6) is 0 Å². The molecule has 0 aliphatic heterocycles. The number of rotatable bonds is 5. The van der Waals surface area contributed by atoms with Crippen molar-refractivity contribution in [2.24, 2.45) is 0 Å². The minimum absolute atomic E-state index is 0.0813. The van der Waals surface area contributed by atoms with E-state index < -0.39 is 0 Å². The lowest BCUT2D eigenvalue weighted by molar-refractivity contribution is 0.102. The van der Waals surface area contributed by atoms with Crippen LogP contribution in [0.15, 0.2) is 60.7 Å². The maximum atomic E-state index is 11.8. The van der Waals surface area contributed by atoms with E-state index in [9.17, 15) is 4.79 Å². The number of hydrogen-bond acceptors (Lipinski definition) is 1. The second-order valence-electron chi connectivity index (χ2n) is 3.78. The van der Waals surface area contributed by atoms with Gasteiger partial charge in [0.2, 0.25) is 0 Å². The fraction of sp³-hybridized carbons (Fsp3) is 0.0625. The van der Waals surface area contributed by atoms with Gasteiger partial charge in [0.25, 0.3) is 0 Å². The van der Waals surface area contributed by atoms with E-state index in [1.807, 2.05) is 67.1 Å². The first-order valence-electron chi connectivity index (χ1n) is 5.67. The Morgan fingerprint density at radius 1 is 0.882 bits per heavy atom. The van der Waals surface area contributed by atoms with Crippen LogP contribution >= 0.6 is 0 Å². The van der Waals surface area contributed by atoms with E-state index in [4.69, 9.17) is 0 Å². The third kappa shape index (κ3) is 3.56. The molecule has 0 saturated carbocycles. The van der Waals surface area contributed by atoms with Crippen molar-refractivity contribution in [1.29, 1.82) is 0 Å². The number of ketones is 1. The Morgan fingerprint density at radius 2 is 1.47 bits per heavy atom. The van der Waals surface area contributed by atoms with Gasteiger partial charge in [0.1, 0.15) is 0 Å². The Kier molecular flexibility index (Phi) is 4.09. The minimum atomic E-state index is 0.0813. The molecule has 0 aliphatic rings. The number of carbonyl (C=O) groups is 1. The largest absolute Gasteiger partial charge is 0.294 e. The summed E-state index contributed by atoms with van der Waals surface area (Å²) in [6, 6.07) is 19.4. The van der Waals surface area contributed by atoms with E-state index >= 15 is 0 Å². The summed E-state index contributed by atoms with van der Waals surface area (Å²) in [7, 11) is 0. The number of Topliss-reactive ketones (excluding diaryl/α,β-unsaturated/α-hetero) is 1. The summed E-state index contributed by atoms with van der Waals surface area (Å²) >= 11 is 0. The first-order chi connectivity index (χ1) is 8.36. The Balaban J connectivity index is 1.82. The van der Waals surface area contributed by atoms with E-state index in [-0.39, 0.29) is 5.78 Å². The van der Waals surface area contributed by atoms with Crippen molar-refractivity contribution in [2.45, 2.75) is 6.42 Å². The normalized spacial score (nSPS) is 10.1. The Bertz CT molecular complexity index is 459. The second-order valence-corrected chi connectivity index (χ2v) is 3.78. The van der Waals surface area contributed by atoms with Crippen LogP contribution in [0.1, 0.15) is 22.3 Å². The highest BCUT2D eigenvalue weighted by Gasteiger charge is 2.04. The van der Waals surface area contributed by atoms with Gasteiger partial charge in [0, 0.05) is 12.0 Å². The molecule has 0 atom stereocenters. The monoisotopic (exact) mass is 222 g/mol. The smallest absolute Gasteiger partial charge is 0.166 e. The summed E-state index contributed by atoms with van der Waals surface area (Å²) < 4.78 is 0. The van der Waals surface area contributed by atoms with E-state index in [2.05, 4.69) is 0 Å². The molecular weight excluding hydrogens is 208 g/mol. The molecule has 0 unspecified atom stereocenters. The predicted molar refractivity (Wildman–Crippen MR) is 69.5 cm³/mol. The van der Waals surface area contributed by atoms with Gasteiger partial charge in [-0.05, 0) is 18.4 Å². The predicted octanol–water partition coefficient (Wildman–Crippen LogP) is 3.72. The maximum absolute atomic E-state index is 11.8. The summed E-state index contributed by atoms with van der Waals surface area (Å²) in [5.74, 6) is 0.0813. The summed E-state index contributed by atoms with van der Waals surface area (Å²) in [5, 5.41) is 0. The molecule has 1 heteroatoms. The van der Waals surface area contributed by atoms with Crippen LogP contribution in [0.25, 0.3) is 0 Å². The molecule has 2 rings (SSSR count). The SMILES string of the molecule is O=C([CH]C[CH]c1ccccc1)c1ccccc1. The zero-order chi connectivity index (χ0) is 11.9. The van der Waals surface area contributed by atoms with Crippen molar-refractivity contribution in [3.8, 4) is 0 Å². The first-order valence-corrected chi connectivity index (χ1v) is 5.67. The molecule has 2 aromatic rings. The molecule has 0 aliphatic carbocycles. The fourth-order valence-electron chi connectivity index (χ4n) is 1.61. The third-order valence-electron chi connectivity index (χ3n) is 2.51. The van der Waals surface area contributed by atoms with Gasteiger partial charge in [0.05, 0.1) is 0 Å². The van der Waals surface area contributed by atoms with Crippen LogP contribution in [0.4, 0.5) is 0 Å². The van der Waals surface area contributed by atoms with Gasteiger partial charge in [-0.3, -0.25) is 4.79 Å². The molecule has 0 amide bonds. The summed E-state index contributed by atoms with van der Waals surface area (Å²) in [6.07, 6.45) is 4.42. The molecule has 1 nitrogen and oxygen atoms in total. The Labute approximate surface area is 102 Å². The number of carbonyl (C=O) groups excluding carboxylic acids is 1. The highest BCUT2D eigenvalue weighted by Crippen LogP contribution is 2.09. The molecule has 0 spiro atoms. The lowest BCUT2D eigenvalue weighted by Gasteiger charge is -2.01. The molecule has 0 fully saturated rings. The lowest BCUT2D eigenvalue weighted by atomic mass is 10.0. The van der Waals surface area contributed by atoms with Crippen molar-refractivity contribution in [2.75, 3.05) is 0 Å². The van der Waals surface area contributed by atoms with Crippen molar-refractivity contribution < 1.29 is 4.79 Å². The van der Waals surface area contributed by atoms with Crippen molar-refractivity contribution in [3.05, 3.63) is 84.6 Å². The van der Waals surface area contributed by atoms with Gasteiger partial charge in [-0.1, -0.05) is 60.7 Å².